The zero-order chi connectivity index (χ0) is 12.8. The van der Waals surface area contributed by atoms with Gasteiger partial charge in [-0.05, 0) is 49.4 Å². The molecule has 1 rings (SSSR count). The number of nitrogens with one attached hydrogen (secondary N) is 1. The van der Waals surface area contributed by atoms with Gasteiger partial charge >= 0.3 is 0 Å². The van der Waals surface area contributed by atoms with Gasteiger partial charge in [0, 0.05) is 6.54 Å². The quantitative estimate of drug-likeness (QED) is 0.862. The molecule has 0 aliphatic heterocycles. The average molecular weight is 230 g/mol. The first-order valence-corrected chi connectivity index (χ1v) is 5.75. The average Bonchev–Trinajstić information content (AvgIpc) is 2.29. The van der Waals surface area contributed by atoms with Crippen molar-refractivity contribution in [1.82, 2.24) is 5.32 Å². The third-order valence-corrected chi connectivity index (χ3v) is 3.13. The lowest BCUT2D eigenvalue weighted by Gasteiger charge is -2.11. The summed E-state index contributed by atoms with van der Waals surface area (Å²) in [5.41, 5.74) is 5.15. The van der Waals surface area contributed by atoms with Crippen LogP contribution in [0.25, 0.3) is 0 Å². The van der Waals surface area contributed by atoms with Crippen LogP contribution in [0.15, 0.2) is 12.1 Å². The lowest BCUT2D eigenvalue weighted by molar-refractivity contribution is -0.120. The van der Waals surface area contributed by atoms with Crippen LogP contribution in [0.5, 0.6) is 0 Å². The summed E-state index contributed by atoms with van der Waals surface area (Å²) in [5.74, 6) is -0.200. The maximum Gasteiger partial charge on any atom is 0.234 e. The molecule has 0 saturated heterocycles. The number of hydrogen-bond donors (Lipinski definition) is 1. The van der Waals surface area contributed by atoms with E-state index in [1.54, 1.807) is 0 Å². The van der Waals surface area contributed by atoms with Crippen LogP contribution in [-0.2, 0) is 11.2 Å². The predicted octanol–water partition coefficient (Wildman–Crippen LogP) is 2.18. The van der Waals surface area contributed by atoms with E-state index < -0.39 is 0 Å². The SMILES string of the molecule is Cc1ccc(CCNC(=O)CC#N)c(C)c1C. The standard InChI is InChI=1S/C14H18N2O/c1-10-4-5-13(12(3)11(10)2)7-9-16-14(17)6-8-15/h4-5H,6-7,9H2,1-3H3,(H,16,17). The van der Waals surface area contributed by atoms with Crippen molar-refractivity contribution in [2.45, 2.75) is 33.6 Å². The molecule has 3 heteroatoms. The fourth-order valence-corrected chi connectivity index (χ4v) is 1.75. The minimum atomic E-state index is -0.200. The number of aryl methyl sites for hydroxylation is 1. The normalized spacial score (nSPS) is 9.76. The topological polar surface area (TPSA) is 52.9 Å². The molecule has 0 radical (unpaired) electrons. The molecule has 1 amide bonds. The monoisotopic (exact) mass is 230 g/mol. The van der Waals surface area contributed by atoms with Gasteiger partial charge in [0.05, 0.1) is 6.07 Å². The Morgan fingerprint density at radius 2 is 2.00 bits per heavy atom. The molecule has 0 spiro atoms. The fourth-order valence-electron chi connectivity index (χ4n) is 1.75. The molecular weight excluding hydrogens is 212 g/mol. The number of benzene rings is 1. The largest absolute Gasteiger partial charge is 0.355 e. The van der Waals surface area contributed by atoms with Crippen molar-refractivity contribution in [2.75, 3.05) is 6.54 Å². The highest BCUT2D eigenvalue weighted by molar-refractivity contribution is 5.77. The summed E-state index contributed by atoms with van der Waals surface area (Å²) in [6.45, 7) is 6.90. The van der Waals surface area contributed by atoms with Gasteiger partial charge in [-0.25, -0.2) is 0 Å². The van der Waals surface area contributed by atoms with Crippen molar-refractivity contribution >= 4 is 5.91 Å². The molecule has 0 bridgehead atoms. The van der Waals surface area contributed by atoms with E-state index in [2.05, 4.69) is 38.2 Å². The summed E-state index contributed by atoms with van der Waals surface area (Å²) in [5, 5.41) is 11.1. The maximum absolute atomic E-state index is 11.1. The highest BCUT2D eigenvalue weighted by Gasteiger charge is 2.04. The van der Waals surface area contributed by atoms with E-state index in [1.165, 1.54) is 22.3 Å². The summed E-state index contributed by atoms with van der Waals surface area (Å²) >= 11 is 0. The van der Waals surface area contributed by atoms with Crippen molar-refractivity contribution in [1.29, 1.82) is 5.26 Å². The Kier molecular flexibility index (Phi) is 4.71. The van der Waals surface area contributed by atoms with Crippen LogP contribution in [-0.4, -0.2) is 12.5 Å². The Morgan fingerprint density at radius 3 is 2.65 bits per heavy atom. The number of rotatable bonds is 4. The molecule has 0 aliphatic rings. The zero-order valence-corrected chi connectivity index (χ0v) is 10.6. The first kappa shape index (κ1) is 13.2. The molecule has 0 heterocycles. The minimum Gasteiger partial charge on any atom is -0.355 e. The van der Waals surface area contributed by atoms with Gasteiger partial charge in [0.2, 0.25) is 5.91 Å². The van der Waals surface area contributed by atoms with E-state index in [0.29, 0.717) is 6.54 Å². The van der Waals surface area contributed by atoms with Crippen LogP contribution in [0.4, 0.5) is 0 Å². The van der Waals surface area contributed by atoms with Crippen LogP contribution in [0, 0.1) is 32.1 Å². The molecule has 0 atom stereocenters. The molecular formula is C14H18N2O. The van der Waals surface area contributed by atoms with Crippen molar-refractivity contribution < 1.29 is 4.79 Å². The van der Waals surface area contributed by atoms with E-state index in [0.717, 1.165) is 6.42 Å². The summed E-state index contributed by atoms with van der Waals surface area (Å²) < 4.78 is 0. The number of hydrogen-bond acceptors (Lipinski definition) is 2. The fraction of sp³-hybridized carbons (Fsp3) is 0.429. The first-order valence-electron chi connectivity index (χ1n) is 5.75. The summed E-state index contributed by atoms with van der Waals surface area (Å²) in [6, 6.07) is 6.04. The van der Waals surface area contributed by atoms with Crippen LogP contribution >= 0.6 is 0 Å². The molecule has 0 fully saturated rings. The summed E-state index contributed by atoms with van der Waals surface area (Å²) in [6.07, 6.45) is 0.746. The Hall–Kier alpha value is -1.82. The van der Waals surface area contributed by atoms with E-state index >= 15 is 0 Å². The Morgan fingerprint density at radius 1 is 1.29 bits per heavy atom. The van der Waals surface area contributed by atoms with Crippen LogP contribution in [0.3, 0.4) is 0 Å². The van der Waals surface area contributed by atoms with Crippen molar-refractivity contribution in [2.24, 2.45) is 0 Å². The highest BCUT2D eigenvalue weighted by Crippen LogP contribution is 2.17. The maximum atomic E-state index is 11.1. The Labute approximate surface area is 102 Å². The zero-order valence-electron chi connectivity index (χ0n) is 10.6. The lowest BCUT2D eigenvalue weighted by atomic mass is 9.97. The van der Waals surface area contributed by atoms with E-state index in [-0.39, 0.29) is 12.3 Å². The molecule has 3 nitrogen and oxygen atoms in total. The number of nitrogens with zero attached hydrogens (tertiary/aromatic N) is 1. The molecule has 17 heavy (non-hydrogen) atoms. The van der Waals surface area contributed by atoms with Gasteiger partial charge in [0.1, 0.15) is 6.42 Å². The highest BCUT2D eigenvalue weighted by atomic mass is 16.1. The molecule has 0 aromatic heterocycles. The van der Waals surface area contributed by atoms with Gasteiger partial charge in [0.15, 0.2) is 0 Å². The first-order chi connectivity index (χ1) is 8.06. The van der Waals surface area contributed by atoms with Crippen molar-refractivity contribution in [3.05, 3.63) is 34.4 Å². The molecule has 1 aromatic carbocycles. The smallest absolute Gasteiger partial charge is 0.234 e. The number of amides is 1. The molecule has 0 unspecified atom stereocenters. The van der Waals surface area contributed by atoms with Crippen molar-refractivity contribution in [3.8, 4) is 6.07 Å². The van der Waals surface area contributed by atoms with Gasteiger partial charge < -0.3 is 5.32 Å². The number of carbonyl (C=O) groups excluding carboxylic acids is 1. The summed E-state index contributed by atoms with van der Waals surface area (Å²) in [7, 11) is 0. The van der Waals surface area contributed by atoms with Gasteiger partial charge in [-0.1, -0.05) is 12.1 Å². The van der Waals surface area contributed by atoms with Crippen LogP contribution < -0.4 is 5.32 Å². The van der Waals surface area contributed by atoms with E-state index in [9.17, 15) is 4.79 Å². The molecule has 1 N–H and O–H groups in total. The van der Waals surface area contributed by atoms with Gasteiger partial charge in [-0.3, -0.25) is 4.79 Å². The van der Waals surface area contributed by atoms with Gasteiger partial charge in [0.25, 0.3) is 0 Å². The third-order valence-electron chi connectivity index (χ3n) is 3.13. The predicted molar refractivity (Wildman–Crippen MR) is 67.6 cm³/mol. The Bertz CT molecular complexity index is 458. The second-order valence-electron chi connectivity index (χ2n) is 4.23. The van der Waals surface area contributed by atoms with Crippen LogP contribution in [0.1, 0.15) is 28.7 Å². The molecule has 1 aromatic rings. The van der Waals surface area contributed by atoms with Gasteiger partial charge in [-0.2, -0.15) is 5.26 Å². The minimum absolute atomic E-state index is 0.0636. The number of nitriles is 1. The Balaban J connectivity index is 2.56. The van der Waals surface area contributed by atoms with E-state index in [1.807, 2.05) is 6.07 Å². The number of carbonyl (C=O) groups is 1. The van der Waals surface area contributed by atoms with E-state index in [4.69, 9.17) is 5.26 Å². The van der Waals surface area contributed by atoms with Gasteiger partial charge in [-0.15, -0.1) is 0 Å². The molecule has 0 saturated carbocycles. The molecule has 90 valence electrons. The molecule has 0 aliphatic carbocycles. The second-order valence-corrected chi connectivity index (χ2v) is 4.23. The van der Waals surface area contributed by atoms with Crippen molar-refractivity contribution in [3.63, 3.8) is 0 Å². The third kappa shape index (κ3) is 3.60. The lowest BCUT2D eigenvalue weighted by Crippen LogP contribution is -2.25. The second kappa shape index (κ2) is 6.05. The van der Waals surface area contributed by atoms with Crippen LogP contribution in [0.2, 0.25) is 0 Å². The summed E-state index contributed by atoms with van der Waals surface area (Å²) in [4.78, 5) is 11.1.